The maximum absolute atomic E-state index is 9.44. The fourth-order valence-electron chi connectivity index (χ4n) is 0. The van der Waals surface area contributed by atoms with Crippen molar-refractivity contribution in [2.24, 2.45) is 0 Å². The molecule has 0 spiro atoms. The van der Waals surface area contributed by atoms with Gasteiger partial charge in [0.05, 0.1) is 0 Å². The third-order valence-electron chi connectivity index (χ3n) is 0. The zero-order valence-corrected chi connectivity index (χ0v) is 13.1. The van der Waals surface area contributed by atoms with E-state index in [0.29, 0.717) is 0 Å². The van der Waals surface area contributed by atoms with Gasteiger partial charge in [0.25, 0.3) is 0 Å². The van der Waals surface area contributed by atoms with Gasteiger partial charge in [-0.3, -0.25) is 0 Å². The van der Waals surface area contributed by atoms with Crippen LogP contribution in [-0.4, -0.2) is 23.1 Å². The van der Waals surface area contributed by atoms with Crippen molar-refractivity contribution < 1.29 is 36.2 Å². The van der Waals surface area contributed by atoms with Crippen molar-refractivity contribution in [3.8, 4) is 0 Å². The number of Topliss-reactive ketones (excluding diaryl/α,β-unsaturated/α-hetero) is 4. The summed E-state index contributed by atoms with van der Waals surface area (Å²) in [6, 6.07) is 0. The Kier molecular flexibility index (Phi) is 42.9. The summed E-state index contributed by atoms with van der Waals surface area (Å²) in [5.74, 6) is 0.667. The zero-order chi connectivity index (χ0) is 14.3. The van der Waals surface area contributed by atoms with E-state index in [2.05, 4.69) is 0 Å². The van der Waals surface area contributed by atoms with E-state index in [0.717, 1.165) is 0 Å². The van der Waals surface area contributed by atoms with Gasteiger partial charge < -0.3 is 19.2 Å². The summed E-state index contributed by atoms with van der Waals surface area (Å²) in [5, 5.41) is 0. The van der Waals surface area contributed by atoms with E-state index in [9.17, 15) is 19.2 Å². The van der Waals surface area contributed by atoms with Gasteiger partial charge in [0.15, 0.2) is 0 Å². The summed E-state index contributed by atoms with van der Waals surface area (Å²) < 4.78 is 0. The molecule has 4 nitrogen and oxygen atoms in total. The summed E-state index contributed by atoms with van der Waals surface area (Å²) in [4.78, 5) is 37.8. The molecular weight excluding hydrogens is 264 g/mol. The van der Waals surface area contributed by atoms with E-state index in [1.807, 2.05) is 0 Å². The van der Waals surface area contributed by atoms with Crippen LogP contribution in [0.5, 0.6) is 0 Å². The molecule has 0 saturated carbocycles. The van der Waals surface area contributed by atoms with Gasteiger partial charge in [-0.15, -0.1) is 0 Å². The molecule has 0 aliphatic carbocycles. The van der Waals surface area contributed by atoms with Gasteiger partial charge in [-0.05, 0) is 55.4 Å². The minimum Gasteiger partial charge on any atom is -0.300 e. The predicted octanol–water partition coefficient (Wildman–Crippen LogP) is 2.38. The Hall–Kier alpha value is -0.801. The van der Waals surface area contributed by atoms with Crippen LogP contribution in [0.2, 0.25) is 0 Å². The molecule has 0 radical (unpaired) electrons. The minimum atomic E-state index is 0. The van der Waals surface area contributed by atoms with Crippen molar-refractivity contribution >= 4 is 23.1 Å². The van der Waals surface area contributed by atoms with E-state index < -0.39 is 0 Å². The van der Waals surface area contributed by atoms with E-state index >= 15 is 0 Å². The Morgan fingerprint density at radius 2 is 0.412 bits per heavy atom. The molecule has 0 N–H and O–H groups in total. The molecule has 0 bridgehead atoms. The zero-order valence-electron chi connectivity index (χ0n) is 12.0. The van der Waals surface area contributed by atoms with Crippen LogP contribution in [0.15, 0.2) is 0 Å². The summed E-state index contributed by atoms with van der Waals surface area (Å²) >= 11 is 0. The Morgan fingerprint density at radius 3 is 0.412 bits per heavy atom. The van der Waals surface area contributed by atoms with Crippen molar-refractivity contribution in [1.29, 1.82) is 0 Å². The molecular formula is C12H24FeO4. The van der Waals surface area contributed by atoms with Crippen LogP contribution in [0.4, 0.5) is 0 Å². The average molecular weight is 288 g/mol. The molecule has 0 aliphatic rings. The van der Waals surface area contributed by atoms with Gasteiger partial charge in [-0.2, -0.15) is 0 Å². The minimum absolute atomic E-state index is 0. The molecule has 0 aliphatic heterocycles. The van der Waals surface area contributed by atoms with Gasteiger partial charge in [0.1, 0.15) is 23.1 Å². The average Bonchev–Trinajstić information content (AvgIpc) is 1.76. The number of carbonyl (C=O) groups is 4. The fourth-order valence-corrected chi connectivity index (χ4v) is 0. The van der Waals surface area contributed by atoms with Crippen LogP contribution in [0, 0.1) is 0 Å². The van der Waals surface area contributed by atoms with E-state index in [1.54, 1.807) is 0 Å². The summed E-state index contributed by atoms with van der Waals surface area (Å²) in [7, 11) is 0. The predicted molar refractivity (Wildman–Crippen MR) is 65.4 cm³/mol. The third-order valence-corrected chi connectivity index (χ3v) is 0. The number of hydrogen-bond donors (Lipinski definition) is 0. The van der Waals surface area contributed by atoms with Gasteiger partial charge in [-0.25, -0.2) is 0 Å². The number of carbonyl (C=O) groups excluding carboxylic acids is 4. The summed E-state index contributed by atoms with van der Waals surface area (Å²) in [5.41, 5.74) is 0. The van der Waals surface area contributed by atoms with Gasteiger partial charge >= 0.3 is 0 Å². The first-order chi connectivity index (χ1) is 6.93. The molecule has 0 unspecified atom stereocenters. The maximum atomic E-state index is 9.44. The molecule has 0 heterocycles. The Bertz CT molecular complexity index is 159. The quantitative estimate of drug-likeness (QED) is 0.642. The van der Waals surface area contributed by atoms with Crippen LogP contribution in [-0.2, 0) is 36.2 Å². The standard InChI is InChI=1S/4C3H6O.Fe/c4*1-3(2)4;/h4*1-2H3;. The van der Waals surface area contributed by atoms with Crippen LogP contribution in [0.3, 0.4) is 0 Å². The van der Waals surface area contributed by atoms with Crippen LogP contribution < -0.4 is 0 Å². The van der Waals surface area contributed by atoms with Gasteiger partial charge in [-0.1, -0.05) is 0 Å². The van der Waals surface area contributed by atoms with Crippen LogP contribution >= 0.6 is 0 Å². The third kappa shape index (κ3) is 4130. The normalized spacial score (nSPS) is 6.12. The first-order valence-electron chi connectivity index (χ1n) is 4.82. The second kappa shape index (κ2) is 24.4. The molecule has 0 rings (SSSR count). The Morgan fingerprint density at radius 1 is 0.412 bits per heavy atom. The molecule has 0 aromatic carbocycles. The number of hydrogen-bond acceptors (Lipinski definition) is 4. The molecule has 17 heavy (non-hydrogen) atoms. The number of ketones is 4. The van der Waals surface area contributed by atoms with E-state index in [-0.39, 0.29) is 40.2 Å². The molecule has 104 valence electrons. The van der Waals surface area contributed by atoms with Crippen molar-refractivity contribution in [3.63, 3.8) is 0 Å². The maximum Gasteiger partial charge on any atom is 0.126 e. The smallest absolute Gasteiger partial charge is 0.126 e. The monoisotopic (exact) mass is 288 g/mol. The van der Waals surface area contributed by atoms with E-state index in [4.69, 9.17) is 0 Å². The largest absolute Gasteiger partial charge is 0.300 e. The molecule has 0 amide bonds. The summed E-state index contributed by atoms with van der Waals surface area (Å²) in [6.07, 6.45) is 0. The Balaban J connectivity index is -0.0000000369. The molecule has 5 heteroatoms. The summed E-state index contributed by atoms with van der Waals surface area (Å²) in [6.45, 7) is 12.2. The molecule has 0 atom stereocenters. The fraction of sp³-hybridized carbons (Fsp3) is 0.667. The van der Waals surface area contributed by atoms with Crippen molar-refractivity contribution in [2.75, 3.05) is 0 Å². The van der Waals surface area contributed by atoms with Crippen LogP contribution in [0.25, 0.3) is 0 Å². The molecule has 0 saturated heterocycles. The molecule has 0 fully saturated rings. The molecule has 0 aromatic heterocycles. The molecule has 0 aromatic rings. The first-order valence-corrected chi connectivity index (χ1v) is 4.82. The number of rotatable bonds is 0. The van der Waals surface area contributed by atoms with E-state index in [1.165, 1.54) is 55.4 Å². The first kappa shape index (κ1) is 29.8. The van der Waals surface area contributed by atoms with Crippen molar-refractivity contribution in [3.05, 3.63) is 0 Å². The second-order valence-corrected chi connectivity index (χ2v) is 3.63. The topological polar surface area (TPSA) is 68.3 Å². The van der Waals surface area contributed by atoms with Crippen LogP contribution in [0.1, 0.15) is 55.4 Å². The van der Waals surface area contributed by atoms with Crippen molar-refractivity contribution in [2.45, 2.75) is 55.4 Å². The second-order valence-electron chi connectivity index (χ2n) is 3.63. The SMILES string of the molecule is CC(C)=O.CC(C)=O.CC(C)=O.CC(C)=O.[Fe]. The van der Waals surface area contributed by atoms with Crippen molar-refractivity contribution in [1.82, 2.24) is 0 Å². The van der Waals surface area contributed by atoms with Gasteiger partial charge in [0, 0.05) is 17.1 Å². The Labute approximate surface area is 115 Å². The van der Waals surface area contributed by atoms with Gasteiger partial charge in [0.2, 0.25) is 0 Å².